The molecule has 3 aromatic rings. The highest BCUT2D eigenvalue weighted by molar-refractivity contribution is 5.92. The van der Waals surface area contributed by atoms with Gasteiger partial charge in [-0.3, -0.25) is 9.89 Å². The van der Waals surface area contributed by atoms with Crippen LogP contribution in [0.25, 0.3) is 0 Å². The summed E-state index contributed by atoms with van der Waals surface area (Å²) in [6.07, 6.45) is 3.44. The number of aromatic nitrogens is 4. The van der Waals surface area contributed by atoms with E-state index in [1.54, 1.807) is 23.4 Å². The molecule has 23 heavy (non-hydrogen) atoms. The van der Waals surface area contributed by atoms with Gasteiger partial charge in [-0.1, -0.05) is 30.3 Å². The SMILES string of the molecule is Cc1cc(C(=O)N(Cc2ncc[nH]2)C(C)c2ccccc2)n[nH]1. The molecule has 1 atom stereocenters. The molecule has 6 heteroatoms. The summed E-state index contributed by atoms with van der Waals surface area (Å²) < 4.78 is 0. The monoisotopic (exact) mass is 309 g/mol. The number of hydrogen-bond acceptors (Lipinski definition) is 3. The zero-order valence-corrected chi connectivity index (χ0v) is 13.2. The van der Waals surface area contributed by atoms with Gasteiger partial charge in [0.05, 0.1) is 12.6 Å². The van der Waals surface area contributed by atoms with E-state index in [2.05, 4.69) is 20.2 Å². The molecule has 1 amide bonds. The molecule has 1 aromatic carbocycles. The Kier molecular flexibility index (Phi) is 4.23. The van der Waals surface area contributed by atoms with E-state index in [0.717, 1.165) is 17.1 Å². The lowest BCUT2D eigenvalue weighted by molar-refractivity contribution is 0.0663. The Balaban J connectivity index is 1.91. The van der Waals surface area contributed by atoms with Gasteiger partial charge in [0, 0.05) is 18.1 Å². The molecule has 0 radical (unpaired) electrons. The first-order chi connectivity index (χ1) is 11.1. The van der Waals surface area contributed by atoms with E-state index in [4.69, 9.17) is 0 Å². The van der Waals surface area contributed by atoms with Gasteiger partial charge in [-0.05, 0) is 25.5 Å². The van der Waals surface area contributed by atoms with Crippen molar-refractivity contribution >= 4 is 5.91 Å². The molecule has 2 N–H and O–H groups in total. The molecule has 0 bridgehead atoms. The lowest BCUT2D eigenvalue weighted by Crippen LogP contribution is -2.33. The van der Waals surface area contributed by atoms with Crippen LogP contribution in [0.15, 0.2) is 48.8 Å². The van der Waals surface area contributed by atoms with Crippen LogP contribution >= 0.6 is 0 Å². The van der Waals surface area contributed by atoms with Crippen LogP contribution in [0, 0.1) is 6.92 Å². The summed E-state index contributed by atoms with van der Waals surface area (Å²) >= 11 is 0. The minimum absolute atomic E-state index is 0.0918. The number of amides is 1. The van der Waals surface area contributed by atoms with E-state index in [1.807, 2.05) is 44.2 Å². The lowest BCUT2D eigenvalue weighted by Gasteiger charge is -2.28. The maximum atomic E-state index is 12.9. The Hall–Kier alpha value is -2.89. The summed E-state index contributed by atoms with van der Waals surface area (Å²) in [5.41, 5.74) is 2.34. The van der Waals surface area contributed by atoms with Gasteiger partial charge < -0.3 is 9.88 Å². The highest BCUT2D eigenvalue weighted by atomic mass is 16.2. The van der Waals surface area contributed by atoms with E-state index in [0.29, 0.717) is 12.2 Å². The molecule has 0 fully saturated rings. The van der Waals surface area contributed by atoms with Crippen molar-refractivity contribution in [3.05, 3.63) is 71.6 Å². The van der Waals surface area contributed by atoms with Crippen molar-refractivity contribution in [3.63, 3.8) is 0 Å². The Morgan fingerprint density at radius 2 is 2.09 bits per heavy atom. The summed E-state index contributed by atoms with van der Waals surface area (Å²) in [4.78, 5) is 22.0. The van der Waals surface area contributed by atoms with Gasteiger partial charge in [0.25, 0.3) is 5.91 Å². The Morgan fingerprint density at radius 3 is 2.70 bits per heavy atom. The van der Waals surface area contributed by atoms with E-state index >= 15 is 0 Å². The third-order valence-corrected chi connectivity index (χ3v) is 3.81. The summed E-state index contributed by atoms with van der Waals surface area (Å²) in [5, 5.41) is 6.92. The third-order valence-electron chi connectivity index (χ3n) is 3.81. The zero-order valence-electron chi connectivity index (χ0n) is 13.2. The number of imidazole rings is 1. The fourth-order valence-corrected chi connectivity index (χ4v) is 2.52. The van der Waals surface area contributed by atoms with Gasteiger partial charge in [-0.25, -0.2) is 4.98 Å². The predicted octanol–water partition coefficient (Wildman–Crippen LogP) is 2.84. The number of benzene rings is 1. The molecular weight excluding hydrogens is 290 g/mol. The van der Waals surface area contributed by atoms with Crippen molar-refractivity contribution in [3.8, 4) is 0 Å². The maximum Gasteiger partial charge on any atom is 0.275 e. The Morgan fingerprint density at radius 1 is 1.30 bits per heavy atom. The summed E-state index contributed by atoms with van der Waals surface area (Å²) in [6, 6.07) is 11.6. The zero-order chi connectivity index (χ0) is 16.2. The number of nitrogens with zero attached hydrogens (tertiary/aromatic N) is 3. The molecule has 2 heterocycles. The molecule has 0 spiro atoms. The highest BCUT2D eigenvalue weighted by Gasteiger charge is 2.25. The highest BCUT2D eigenvalue weighted by Crippen LogP contribution is 2.23. The van der Waals surface area contributed by atoms with Crippen LogP contribution in [0.3, 0.4) is 0 Å². The van der Waals surface area contributed by atoms with E-state index in [9.17, 15) is 4.79 Å². The first-order valence-electron chi connectivity index (χ1n) is 7.51. The number of nitrogens with one attached hydrogen (secondary N) is 2. The van der Waals surface area contributed by atoms with Crippen molar-refractivity contribution in [2.75, 3.05) is 0 Å². The summed E-state index contributed by atoms with van der Waals surface area (Å²) in [5.74, 6) is 0.621. The van der Waals surface area contributed by atoms with Gasteiger partial charge in [-0.2, -0.15) is 5.10 Å². The lowest BCUT2D eigenvalue weighted by atomic mass is 10.1. The molecule has 1 unspecified atom stereocenters. The van der Waals surface area contributed by atoms with E-state index in [-0.39, 0.29) is 11.9 Å². The predicted molar refractivity (Wildman–Crippen MR) is 86.6 cm³/mol. The fraction of sp³-hybridized carbons (Fsp3) is 0.235. The quantitative estimate of drug-likeness (QED) is 0.760. The second-order valence-corrected chi connectivity index (χ2v) is 5.49. The second-order valence-electron chi connectivity index (χ2n) is 5.49. The van der Waals surface area contributed by atoms with Crippen LogP contribution in [0.5, 0.6) is 0 Å². The van der Waals surface area contributed by atoms with Gasteiger partial charge in [-0.15, -0.1) is 0 Å². The minimum Gasteiger partial charge on any atom is -0.347 e. The molecule has 0 saturated heterocycles. The molecule has 0 saturated carbocycles. The maximum absolute atomic E-state index is 12.9. The van der Waals surface area contributed by atoms with Crippen molar-refractivity contribution in [2.45, 2.75) is 26.4 Å². The van der Waals surface area contributed by atoms with Crippen LogP contribution in [0.2, 0.25) is 0 Å². The molecule has 6 nitrogen and oxygen atoms in total. The van der Waals surface area contributed by atoms with Gasteiger partial charge in [0.2, 0.25) is 0 Å². The molecule has 0 aliphatic heterocycles. The Labute approximate surface area is 134 Å². The van der Waals surface area contributed by atoms with Crippen LogP contribution in [-0.4, -0.2) is 31.0 Å². The van der Waals surface area contributed by atoms with Crippen molar-refractivity contribution in [1.82, 2.24) is 25.1 Å². The van der Waals surface area contributed by atoms with Crippen molar-refractivity contribution in [1.29, 1.82) is 0 Å². The first kappa shape index (κ1) is 15.0. The number of rotatable bonds is 5. The van der Waals surface area contributed by atoms with E-state index in [1.165, 1.54) is 0 Å². The van der Waals surface area contributed by atoms with Gasteiger partial charge in [0.1, 0.15) is 11.5 Å². The number of hydrogen-bond donors (Lipinski definition) is 2. The van der Waals surface area contributed by atoms with E-state index < -0.39 is 0 Å². The summed E-state index contributed by atoms with van der Waals surface area (Å²) in [6.45, 7) is 4.28. The first-order valence-corrected chi connectivity index (χ1v) is 7.51. The fourth-order valence-electron chi connectivity index (χ4n) is 2.52. The molecule has 3 rings (SSSR count). The molecule has 118 valence electrons. The molecular formula is C17H19N5O. The van der Waals surface area contributed by atoms with Crippen LogP contribution < -0.4 is 0 Å². The van der Waals surface area contributed by atoms with Crippen LogP contribution in [-0.2, 0) is 6.54 Å². The average Bonchev–Trinajstić information content (AvgIpc) is 3.24. The van der Waals surface area contributed by atoms with Gasteiger partial charge in [0.15, 0.2) is 0 Å². The minimum atomic E-state index is -0.123. The smallest absolute Gasteiger partial charge is 0.275 e. The standard InChI is InChI=1S/C17H19N5O/c1-12-10-15(21-20-12)17(23)22(11-16-18-8-9-19-16)13(2)14-6-4-3-5-7-14/h3-10,13H,11H2,1-2H3,(H,18,19)(H,20,21). The summed E-state index contributed by atoms with van der Waals surface area (Å²) in [7, 11) is 0. The third kappa shape index (κ3) is 3.31. The molecule has 0 aliphatic rings. The Bertz CT molecular complexity index is 763. The number of carbonyl (C=O) groups excluding carboxylic acids is 1. The normalized spacial score (nSPS) is 12.1. The number of H-pyrrole nitrogens is 2. The van der Waals surface area contributed by atoms with Crippen LogP contribution in [0.4, 0.5) is 0 Å². The molecule has 0 aliphatic carbocycles. The second kappa shape index (κ2) is 6.48. The van der Waals surface area contributed by atoms with Crippen molar-refractivity contribution in [2.24, 2.45) is 0 Å². The number of carbonyl (C=O) groups is 1. The largest absolute Gasteiger partial charge is 0.347 e. The molecule has 2 aromatic heterocycles. The average molecular weight is 309 g/mol. The van der Waals surface area contributed by atoms with Crippen molar-refractivity contribution < 1.29 is 4.79 Å². The topological polar surface area (TPSA) is 77.7 Å². The van der Waals surface area contributed by atoms with Gasteiger partial charge >= 0.3 is 0 Å². The number of aryl methyl sites for hydroxylation is 1. The van der Waals surface area contributed by atoms with Crippen LogP contribution in [0.1, 0.15) is 40.5 Å². The number of aromatic amines is 2.